The minimum absolute atomic E-state index is 0. The second kappa shape index (κ2) is 53.2. The predicted octanol–water partition coefficient (Wildman–Crippen LogP) is 0.709. The fourth-order valence-corrected chi connectivity index (χ4v) is 11.9. The summed E-state index contributed by atoms with van der Waals surface area (Å²) in [7, 11) is -19.0. The number of carboxylic acid groups (broad SMARTS) is 4. The van der Waals surface area contributed by atoms with Gasteiger partial charge in [-0.2, -0.15) is 0 Å². The average molecular weight is 2360 g/mol. The molecule has 0 spiro atoms. The molecule has 0 fully saturated rings. The summed E-state index contributed by atoms with van der Waals surface area (Å²) in [5.74, 6) is -6.79. The topological polar surface area (TPSA) is 787 Å². The first kappa shape index (κ1) is 113. The molecule has 12 N–H and O–H groups in total. The van der Waals surface area contributed by atoms with Gasteiger partial charge in [-0.1, -0.05) is 215 Å². The van der Waals surface area contributed by atoms with E-state index in [0.717, 1.165) is 72.8 Å². The maximum Gasteiger partial charge on any atom is 4.00 e. The molecule has 0 heterocycles. The Hall–Kier alpha value is -13.9. The number of aromatic carboxylic acids is 4. The van der Waals surface area contributed by atoms with Crippen LogP contribution < -0.4 is 62.6 Å². The molecule has 12 aromatic rings. The molecule has 0 aliphatic rings. The summed E-state index contributed by atoms with van der Waals surface area (Å²) in [6.07, 6.45) is 0. The van der Waals surface area contributed by atoms with Crippen LogP contribution in [0.25, 0.3) is 0 Å². The number of azo groups is 4. The molecule has 0 saturated heterocycles. The van der Waals surface area contributed by atoms with Crippen LogP contribution in [0.5, 0.6) is 23.0 Å². The molecule has 12 aromatic carbocycles. The minimum Gasteiger partial charge on any atom is -2.00 e. The Morgan fingerprint density at radius 3 is 0.573 bits per heavy atom. The SMILES string of the molecule is O=C([O-])c1ccccc1NN=C(N=[NH+]c1cc(S(=O)(=O)[O-])ccc1O)c1ccccc1.O=C([O-])c1ccccc1NN=C(N=[NH+]c1cc(S(=O)(=O)[O-])ccc1O)c1ccccc1.O=C([O-])c1ccccc1NN=C(N=[NH+]c1cc(S(=O)(=O)[O-])ccc1O)c1ccccc1.O=C([O-])c1ccccc1NN=C(N=[NH+]c1cc(S(=O)(=O)[O-])ccc1O)c1ccccc1.[Hf+4].[Hf+4].[Hf+4].[O-2].[O-2].[O-2].[O-2]. The molecular formula is C80H60Hf3N16O28S4. The second-order valence-corrected chi connectivity index (χ2v) is 29.9. The number of rotatable bonds is 24. The Bertz CT molecular complexity index is 5930. The van der Waals surface area contributed by atoms with Crippen LogP contribution in [-0.2, 0) is 140 Å². The number of amidine groups is 4. The van der Waals surface area contributed by atoms with Gasteiger partial charge >= 0.3 is 77.5 Å². The fraction of sp³-hybridized carbons (Fsp3) is 0. The van der Waals surface area contributed by atoms with Crippen molar-refractivity contribution in [2.24, 2.45) is 40.9 Å². The number of phenolic OH excluding ortho intramolecular Hbond substituents is 4. The summed E-state index contributed by atoms with van der Waals surface area (Å²) in [6.45, 7) is 0. The van der Waals surface area contributed by atoms with Crippen LogP contribution in [0.2, 0.25) is 0 Å². The third kappa shape index (κ3) is 34.2. The standard InChI is InChI=1S/4C20H16N4O6S.3Hf.4O/c4*25-18-11-10-14(31(28,29)30)12-17(18)22-24-19(13-6-2-1-3-7-13)23-21-16-9-5-4-8-15(16)20(26)27;;;;;;;/h4*1-12,21,25H,(H,26,27)(H,28,29,30);;;;;;;/q;;;;3*+4;4*-2/p-4. The van der Waals surface area contributed by atoms with Gasteiger partial charge in [-0.15, -0.1) is 20.4 Å². The van der Waals surface area contributed by atoms with Gasteiger partial charge in [0.25, 0.3) is 22.7 Å². The predicted molar refractivity (Wildman–Crippen MR) is 429 cm³/mol. The Kier molecular flexibility index (Phi) is 45.9. The van der Waals surface area contributed by atoms with Gasteiger partial charge in [0.2, 0.25) is 23.3 Å². The van der Waals surface area contributed by atoms with Crippen molar-refractivity contribution in [3.8, 4) is 23.0 Å². The number of nitrogens with zero attached hydrogens (tertiary/aromatic N) is 8. The number of carbonyl (C=O) groups is 4. The largest absolute Gasteiger partial charge is 4.00 e. The van der Waals surface area contributed by atoms with Crippen molar-refractivity contribution in [1.29, 1.82) is 0 Å². The van der Waals surface area contributed by atoms with Crippen molar-refractivity contribution in [2.45, 2.75) is 19.6 Å². The van der Waals surface area contributed by atoms with Crippen LogP contribution in [0.4, 0.5) is 45.5 Å². The van der Waals surface area contributed by atoms with Crippen molar-refractivity contribution >= 4 is 133 Å². The normalized spacial score (nSPS) is 11.5. The monoisotopic (exact) mass is 2360 g/mol. The van der Waals surface area contributed by atoms with Gasteiger partial charge in [0.1, 0.15) is 40.5 Å². The van der Waals surface area contributed by atoms with Crippen molar-refractivity contribution in [3.63, 3.8) is 0 Å². The number of hydrogen-bond donors (Lipinski definition) is 12. The Balaban J connectivity index is 0.000000581. The van der Waals surface area contributed by atoms with Gasteiger partial charge in [0, 0.05) is 89.2 Å². The zero-order valence-electron chi connectivity index (χ0n) is 66.0. The van der Waals surface area contributed by atoms with E-state index >= 15 is 0 Å². The first-order valence-electron chi connectivity index (χ1n) is 34.8. The van der Waals surface area contributed by atoms with Crippen molar-refractivity contribution in [2.75, 3.05) is 21.7 Å². The van der Waals surface area contributed by atoms with E-state index in [9.17, 15) is 112 Å². The summed E-state index contributed by atoms with van der Waals surface area (Å²) in [4.78, 5) is 42.8. The number of benzene rings is 12. The molecule has 0 bridgehead atoms. The maximum absolute atomic E-state index is 11.3. The third-order valence-corrected chi connectivity index (χ3v) is 19.3. The third-order valence-electron chi connectivity index (χ3n) is 16.0. The summed E-state index contributed by atoms with van der Waals surface area (Å²) in [5.41, 5.74) is 12.1. The zero-order chi connectivity index (χ0) is 89.7. The molecular weight excluding hydrogens is 2300 g/mol. The molecule has 0 aliphatic carbocycles. The Morgan fingerprint density at radius 2 is 0.412 bits per heavy atom. The maximum atomic E-state index is 11.3. The molecule has 0 radical (unpaired) electrons. The Morgan fingerprint density at radius 1 is 0.252 bits per heavy atom. The van der Waals surface area contributed by atoms with Crippen LogP contribution in [0.15, 0.2) is 352 Å². The van der Waals surface area contributed by atoms with Gasteiger partial charge in [-0.25, -0.2) is 33.7 Å². The van der Waals surface area contributed by atoms with Crippen molar-refractivity contribution < 1.29 is 232 Å². The first-order valence-corrected chi connectivity index (χ1v) is 40.5. The fourth-order valence-electron chi connectivity index (χ4n) is 9.95. The van der Waals surface area contributed by atoms with E-state index in [1.165, 1.54) is 72.8 Å². The second-order valence-electron chi connectivity index (χ2n) is 24.4. The number of nitrogens with one attached hydrogen (secondary N) is 8. The van der Waals surface area contributed by atoms with E-state index in [0.29, 0.717) is 22.3 Å². The van der Waals surface area contributed by atoms with E-state index in [-0.39, 0.29) is 214 Å². The van der Waals surface area contributed by atoms with Crippen LogP contribution in [0.3, 0.4) is 0 Å². The molecule has 51 heteroatoms. The number of anilines is 4. The molecule has 0 unspecified atom stereocenters. The molecule has 0 saturated carbocycles. The molecule has 0 atom stereocenters. The summed E-state index contributed by atoms with van der Waals surface area (Å²) in [6, 6.07) is 69.8. The van der Waals surface area contributed by atoms with Crippen LogP contribution >= 0.6 is 0 Å². The number of phenols is 4. The summed E-state index contributed by atoms with van der Waals surface area (Å²) < 4.78 is 135. The Labute approximate surface area is 799 Å². The molecule has 44 nitrogen and oxygen atoms in total. The van der Waals surface area contributed by atoms with Gasteiger partial charge in [0.15, 0.2) is 23.0 Å². The number of carbonyl (C=O) groups excluding carboxylic acids is 4. The number of aromatic hydroxyl groups is 4. The molecule has 0 aliphatic heterocycles. The van der Waals surface area contributed by atoms with Gasteiger partial charge in [0.05, 0.1) is 66.2 Å². The molecule has 12 rings (SSSR count). The minimum atomic E-state index is -4.74. The molecule has 131 heavy (non-hydrogen) atoms. The molecule has 664 valence electrons. The van der Waals surface area contributed by atoms with Crippen LogP contribution in [-0.4, -0.2) is 120 Å². The smallest absolute Gasteiger partial charge is 2.00 e. The van der Waals surface area contributed by atoms with E-state index in [1.54, 1.807) is 146 Å². The molecule has 0 aromatic heterocycles. The summed E-state index contributed by atoms with van der Waals surface area (Å²) >= 11 is 0. The van der Waals surface area contributed by atoms with Gasteiger partial charge in [-0.3, -0.25) is 21.7 Å². The van der Waals surface area contributed by atoms with Crippen LogP contribution in [0, 0.1) is 0 Å². The quantitative estimate of drug-likeness (QED) is 0.00754. The first-order chi connectivity index (χ1) is 59.0. The van der Waals surface area contributed by atoms with E-state index < -0.39 is 83.9 Å². The summed E-state index contributed by atoms with van der Waals surface area (Å²) in [5, 5.41) is 127. The van der Waals surface area contributed by atoms with Crippen molar-refractivity contribution in [3.05, 3.63) is 336 Å². The number of hydrazone groups is 4. The number of para-hydroxylation sites is 4. The van der Waals surface area contributed by atoms with Crippen molar-refractivity contribution in [1.82, 2.24) is 0 Å². The van der Waals surface area contributed by atoms with E-state index in [4.69, 9.17) is 0 Å². The number of carboxylic acids is 4. The van der Waals surface area contributed by atoms with E-state index in [1.807, 2.05) is 0 Å². The van der Waals surface area contributed by atoms with Crippen LogP contribution in [0.1, 0.15) is 63.7 Å². The molecule has 0 amide bonds. The van der Waals surface area contributed by atoms with Gasteiger partial charge < -0.3 is 100 Å². The zero-order valence-corrected chi connectivity index (χ0v) is 80.1. The van der Waals surface area contributed by atoms with E-state index in [2.05, 4.69) is 83.0 Å². The number of hydrogen-bond acceptors (Lipinski definition) is 32. The van der Waals surface area contributed by atoms with Gasteiger partial charge in [-0.05, 0) is 72.8 Å². The average Bonchev–Trinajstić information content (AvgIpc) is 0.839.